The first-order valence-electron chi connectivity index (χ1n) is 11.9. The zero-order chi connectivity index (χ0) is 24.5. The first kappa shape index (κ1) is 24.1. The summed E-state index contributed by atoms with van der Waals surface area (Å²) in [6.45, 7) is 5.72. The number of methoxy groups -OCH3 is 1. The van der Waals surface area contributed by atoms with Crippen LogP contribution in [0.15, 0.2) is 85.5 Å². The van der Waals surface area contributed by atoms with E-state index in [1.807, 2.05) is 42.5 Å². The molecule has 0 aliphatic rings. The highest BCUT2D eigenvalue weighted by Crippen LogP contribution is 2.20. The average molecular weight is 470 g/mol. The fourth-order valence-electron chi connectivity index (χ4n) is 4.07. The Morgan fingerprint density at radius 2 is 1.83 bits per heavy atom. The van der Waals surface area contributed by atoms with Crippen molar-refractivity contribution in [3.05, 3.63) is 102 Å². The maximum absolute atomic E-state index is 12.5. The summed E-state index contributed by atoms with van der Waals surface area (Å²) in [4.78, 5) is 17.3. The number of allylic oxidation sites excluding steroid dienone is 1. The Morgan fingerprint density at radius 1 is 1.06 bits per heavy atom. The van der Waals surface area contributed by atoms with Gasteiger partial charge in [0.15, 0.2) is 0 Å². The molecule has 1 heterocycles. The van der Waals surface area contributed by atoms with Crippen LogP contribution in [0.5, 0.6) is 11.5 Å². The van der Waals surface area contributed by atoms with Gasteiger partial charge in [0, 0.05) is 25.1 Å². The molecule has 0 saturated carbocycles. The third-order valence-corrected chi connectivity index (χ3v) is 5.84. The summed E-state index contributed by atoms with van der Waals surface area (Å²) >= 11 is 0. The molecule has 0 atom stereocenters. The van der Waals surface area contributed by atoms with Crippen LogP contribution >= 0.6 is 0 Å². The first-order valence-corrected chi connectivity index (χ1v) is 11.9. The minimum Gasteiger partial charge on any atom is -0.497 e. The number of carbonyl (C=O) groups is 1. The molecule has 1 amide bonds. The second-order valence-electron chi connectivity index (χ2n) is 8.21. The van der Waals surface area contributed by atoms with E-state index in [0.717, 1.165) is 53.3 Å². The van der Waals surface area contributed by atoms with Gasteiger partial charge in [0.1, 0.15) is 17.3 Å². The van der Waals surface area contributed by atoms with Crippen molar-refractivity contribution < 1.29 is 14.3 Å². The fourth-order valence-corrected chi connectivity index (χ4v) is 4.07. The first-order chi connectivity index (χ1) is 17.2. The van der Waals surface area contributed by atoms with Gasteiger partial charge in [-0.25, -0.2) is 4.98 Å². The second kappa shape index (κ2) is 11.9. The highest BCUT2D eigenvalue weighted by molar-refractivity contribution is 5.94. The Kier molecular flexibility index (Phi) is 8.17. The van der Waals surface area contributed by atoms with Gasteiger partial charge in [-0.1, -0.05) is 36.4 Å². The molecule has 1 N–H and O–H groups in total. The standard InChI is InChI=1S/C29H31N3O3/c1-3-9-22-10-4-7-13-27(22)35-21-8-20-32-26-12-6-5-11-25(26)31-28(32)18-19-30-29(33)23-14-16-24(34-2)17-15-23/h3-7,10-17H,1,8-9,18-21H2,2H3,(H,30,33). The highest BCUT2D eigenvalue weighted by atomic mass is 16.5. The smallest absolute Gasteiger partial charge is 0.251 e. The van der Waals surface area contributed by atoms with Crippen molar-refractivity contribution in [1.82, 2.24) is 14.9 Å². The molecule has 3 aromatic carbocycles. The van der Waals surface area contributed by atoms with E-state index in [2.05, 4.69) is 28.6 Å². The number of hydrogen-bond donors (Lipinski definition) is 1. The van der Waals surface area contributed by atoms with Gasteiger partial charge in [-0.3, -0.25) is 4.79 Å². The van der Waals surface area contributed by atoms with Gasteiger partial charge in [0.25, 0.3) is 5.91 Å². The Bertz CT molecular complexity index is 1280. The minimum atomic E-state index is -0.109. The summed E-state index contributed by atoms with van der Waals surface area (Å²) in [5, 5.41) is 3.00. The summed E-state index contributed by atoms with van der Waals surface area (Å²) in [5.74, 6) is 2.47. The molecule has 6 heteroatoms. The van der Waals surface area contributed by atoms with Crippen molar-refractivity contribution in [2.75, 3.05) is 20.3 Å². The third kappa shape index (κ3) is 6.09. The Morgan fingerprint density at radius 3 is 2.63 bits per heavy atom. The third-order valence-electron chi connectivity index (χ3n) is 5.84. The predicted octanol–water partition coefficient (Wildman–Crippen LogP) is 5.22. The molecule has 0 aliphatic carbocycles. The maximum Gasteiger partial charge on any atom is 0.251 e. The second-order valence-corrected chi connectivity index (χ2v) is 8.21. The molecule has 6 nitrogen and oxygen atoms in total. The molecule has 4 rings (SSSR count). The molecule has 0 fully saturated rings. The lowest BCUT2D eigenvalue weighted by molar-refractivity contribution is 0.0954. The largest absolute Gasteiger partial charge is 0.497 e. The number of nitrogens with zero attached hydrogens (tertiary/aromatic N) is 2. The van der Waals surface area contributed by atoms with Gasteiger partial charge >= 0.3 is 0 Å². The Labute approximate surface area is 206 Å². The highest BCUT2D eigenvalue weighted by Gasteiger charge is 2.12. The number of amides is 1. The van der Waals surface area contributed by atoms with Crippen LogP contribution in [0.3, 0.4) is 0 Å². The lowest BCUT2D eigenvalue weighted by atomic mass is 10.1. The lowest BCUT2D eigenvalue weighted by Gasteiger charge is -2.13. The number of imidazole rings is 1. The number of ether oxygens (including phenoxy) is 2. The summed E-state index contributed by atoms with van der Waals surface area (Å²) < 4.78 is 13.5. The summed E-state index contributed by atoms with van der Waals surface area (Å²) in [7, 11) is 1.61. The number of aryl methyl sites for hydroxylation is 1. The number of benzene rings is 3. The fraction of sp³-hybridized carbons (Fsp3) is 0.241. The molecule has 35 heavy (non-hydrogen) atoms. The van der Waals surface area contributed by atoms with Crippen LogP contribution in [0.25, 0.3) is 11.0 Å². The van der Waals surface area contributed by atoms with Crippen molar-refractivity contribution in [2.24, 2.45) is 0 Å². The van der Waals surface area contributed by atoms with Crippen molar-refractivity contribution in [2.45, 2.75) is 25.8 Å². The van der Waals surface area contributed by atoms with Crippen LogP contribution in [0, 0.1) is 0 Å². The molecule has 0 radical (unpaired) electrons. The Hall–Kier alpha value is -4.06. The molecule has 4 aromatic rings. The molecule has 0 saturated heterocycles. The van der Waals surface area contributed by atoms with E-state index in [4.69, 9.17) is 14.5 Å². The predicted molar refractivity (Wildman–Crippen MR) is 139 cm³/mol. The zero-order valence-corrected chi connectivity index (χ0v) is 20.1. The normalized spacial score (nSPS) is 10.8. The SMILES string of the molecule is C=CCc1ccccc1OCCCn1c(CCNC(=O)c2ccc(OC)cc2)nc2ccccc21. The van der Waals surface area contributed by atoms with E-state index in [1.54, 1.807) is 31.4 Å². The number of hydrogen-bond acceptors (Lipinski definition) is 4. The number of nitrogens with one attached hydrogen (secondary N) is 1. The van der Waals surface area contributed by atoms with E-state index in [1.165, 1.54) is 0 Å². The van der Waals surface area contributed by atoms with E-state index in [-0.39, 0.29) is 5.91 Å². The molecule has 0 spiro atoms. The molecule has 0 aliphatic heterocycles. The molecular formula is C29H31N3O3. The van der Waals surface area contributed by atoms with Gasteiger partial charge in [0.2, 0.25) is 0 Å². The van der Waals surface area contributed by atoms with E-state index >= 15 is 0 Å². The number of carbonyl (C=O) groups excluding carboxylic acids is 1. The Balaban J connectivity index is 1.37. The van der Waals surface area contributed by atoms with Crippen molar-refractivity contribution in [3.63, 3.8) is 0 Å². The molecular weight excluding hydrogens is 438 g/mol. The van der Waals surface area contributed by atoms with E-state index < -0.39 is 0 Å². The van der Waals surface area contributed by atoms with Crippen molar-refractivity contribution >= 4 is 16.9 Å². The van der Waals surface area contributed by atoms with Gasteiger partial charge in [-0.2, -0.15) is 0 Å². The van der Waals surface area contributed by atoms with Crippen LogP contribution in [0.1, 0.15) is 28.2 Å². The topological polar surface area (TPSA) is 65.4 Å². The monoisotopic (exact) mass is 469 g/mol. The van der Waals surface area contributed by atoms with Crippen LogP contribution in [-0.4, -0.2) is 35.7 Å². The summed E-state index contributed by atoms with van der Waals surface area (Å²) in [6, 6.07) is 23.3. The van der Waals surface area contributed by atoms with Crippen LogP contribution in [0.4, 0.5) is 0 Å². The minimum absolute atomic E-state index is 0.109. The molecule has 0 bridgehead atoms. The van der Waals surface area contributed by atoms with Crippen LogP contribution in [0.2, 0.25) is 0 Å². The van der Waals surface area contributed by atoms with Gasteiger partial charge < -0.3 is 19.4 Å². The van der Waals surface area contributed by atoms with Crippen molar-refractivity contribution in [3.8, 4) is 11.5 Å². The average Bonchev–Trinajstić information content (AvgIpc) is 3.25. The molecule has 0 unspecified atom stereocenters. The molecule has 180 valence electrons. The van der Waals surface area contributed by atoms with Crippen LogP contribution < -0.4 is 14.8 Å². The van der Waals surface area contributed by atoms with Gasteiger partial charge in [0.05, 0.1) is 24.8 Å². The maximum atomic E-state index is 12.5. The van der Waals surface area contributed by atoms with Crippen molar-refractivity contribution in [1.29, 1.82) is 0 Å². The molecule has 1 aromatic heterocycles. The van der Waals surface area contributed by atoms with Gasteiger partial charge in [-0.05, 0) is 60.9 Å². The van der Waals surface area contributed by atoms with E-state index in [0.29, 0.717) is 25.1 Å². The lowest BCUT2D eigenvalue weighted by Crippen LogP contribution is -2.26. The zero-order valence-electron chi connectivity index (χ0n) is 20.1. The number of rotatable bonds is 12. The number of aromatic nitrogens is 2. The van der Waals surface area contributed by atoms with Crippen LogP contribution in [-0.2, 0) is 19.4 Å². The summed E-state index contributed by atoms with van der Waals surface area (Å²) in [6.07, 6.45) is 4.15. The van der Waals surface area contributed by atoms with E-state index in [9.17, 15) is 4.79 Å². The summed E-state index contributed by atoms with van der Waals surface area (Å²) in [5.41, 5.74) is 3.80. The van der Waals surface area contributed by atoms with Gasteiger partial charge in [-0.15, -0.1) is 6.58 Å². The number of para-hydroxylation sites is 3. The quantitative estimate of drug-likeness (QED) is 0.228. The number of fused-ring (bicyclic) bond motifs is 1.